The van der Waals surface area contributed by atoms with E-state index in [-0.39, 0.29) is 76.0 Å². The SMILES string of the molecule is C=C(C)C(=O)OCCNC(=O)OC(COc1ccc(C(C)(c2ccc(OCC(CSc3ccc(Cl)cc3)OC(=O)NCCOC(=O)C(=C)C)cc2)c2ccc(OCC(CSc3ccc(Cl)cc3)OC(=O)NCCOC(=O)C(=C)C)cc2)cc1)CSc1ccc(C)cc1. The first-order valence-electron chi connectivity index (χ1n) is 29.1. The topological polar surface area (TPSA) is 222 Å². The highest BCUT2D eigenvalue weighted by atomic mass is 35.5. The van der Waals surface area contributed by atoms with E-state index in [9.17, 15) is 28.8 Å². The van der Waals surface area contributed by atoms with Gasteiger partial charge in [0.1, 0.15) is 75.2 Å². The summed E-state index contributed by atoms with van der Waals surface area (Å²) in [5, 5.41) is 9.05. The maximum absolute atomic E-state index is 13.0. The number of hydrogen-bond donors (Lipinski definition) is 3. The van der Waals surface area contributed by atoms with Gasteiger partial charge in [0.05, 0.1) is 19.6 Å². The van der Waals surface area contributed by atoms with Crippen LogP contribution in [0.5, 0.6) is 17.2 Å². The van der Waals surface area contributed by atoms with Gasteiger partial charge in [-0.2, -0.15) is 0 Å². The van der Waals surface area contributed by atoms with E-state index in [0.717, 1.165) is 36.9 Å². The van der Waals surface area contributed by atoms with Crippen molar-refractivity contribution in [1.29, 1.82) is 0 Å². The molecular formula is C69H75Cl2N3O15S3. The number of benzene rings is 6. The number of thioether (sulfide) groups is 3. The second-order valence-corrected chi connectivity index (χ2v) is 25.0. The fraction of sp³-hybridized carbons (Fsp3) is 0.304. The van der Waals surface area contributed by atoms with Gasteiger partial charge in [0.2, 0.25) is 0 Å². The van der Waals surface area contributed by atoms with E-state index in [1.807, 2.05) is 128 Å². The van der Waals surface area contributed by atoms with Crippen LogP contribution in [0.3, 0.4) is 0 Å². The average Bonchev–Trinajstić information content (AvgIpc) is 0.776. The minimum atomic E-state index is -0.835. The van der Waals surface area contributed by atoms with Crippen LogP contribution in [0, 0.1) is 6.92 Å². The molecule has 0 heterocycles. The highest BCUT2D eigenvalue weighted by molar-refractivity contribution is 7.99. The van der Waals surface area contributed by atoms with Gasteiger partial charge in [0.15, 0.2) is 0 Å². The third-order valence-electron chi connectivity index (χ3n) is 13.2. The molecule has 3 atom stereocenters. The highest BCUT2D eigenvalue weighted by Gasteiger charge is 2.32. The summed E-state index contributed by atoms with van der Waals surface area (Å²) in [6.45, 7) is 19.3. The third-order valence-corrected chi connectivity index (χ3v) is 17.2. The number of carbonyl (C=O) groups excluding carboxylic acids is 6. The Morgan fingerprint density at radius 1 is 0.424 bits per heavy atom. The van der Waals surface area contributed by atoms with E-state index >= 15 is 0 Å². The lowest BCUT2D eigenvalue weighted by molar-refractivity contribution is -0.139. The molecular weight excluding hydrogens is 1280 g/mol. The van der Waals surface area contributed by atoms with Gasteiger partial charge in [-0.15, -0.1) is 35.3 Å². The number of alkyl carbamates (subject to hydrolysis) is 3. The molecule has 6 aromatic carbocycles. The summed E-state index contributed by atoms with van der Waals surface area (Å²) in [5.74, 6) is 0.874. The number of rotatable bonds is 36. The second kappa shape index (κ2) is 38.0. The van der Waals surface area contributed by atoms with E-state index in [2.05, 4.69) is 42.6 Å². The van der Waals surface area contributed by atoms with Gasteiger partial charge in [-0.25, -0.2) is 28.8 Å². The van der Waals surface area contributed by atoms with E-state index in [4.69, 9.17) is 65.8 Å². The smallest absolute Gasteiger partial charge is 0.407 e. The number of nitrogens with one attached hydrogen (secondary N) is 3. The molecule has 23 heteroatoms. The van der Waals surface area contributed by atoms with Crippen molar-refractivity contribution < 1.29 is 71.4 Å². The summed E-state index contributed by atoms with van der Waals surface area (Å²) >= 11 is 16.7. The zero-order valence-corrected chi connectivity index (χ0v) is 55.8. The molecule has 6 rings (SSSR count). The van der Waals surface area contributed by atoms with Gasteiger partial charge >= 0.3 is 36.2 Å². The first kappa shape index (κ1) is 72.8. The maximum Gasteiger partial charge on any atom is 0.407 e. The lowest BCUT2D eigenvalue weighted by Gasteiger charge is -2.32. The van der Waals surface area contributed by atoms with Crippen LogP contribution in [0.15, 0.2) is 197 Å². The molecule has 0 aliphatic rings. The zero-order chi connectivity index (χ0) is 66.4. The number of carbonyl (C=O) groups is 6. The molecule has 0 fully saturated rings. The normalized spacial score (nSPS) is 12.4. The minimum Gasteiger partial charge on any atom is -0.490 e. The van der Waals surface area contributed by atoms with Crippen molar-refractivity contribution in [1.82, 2.24) is 16.0 Å². The van der Waals surface area contributed by atoms with E-state index in [0.29, 0.717) is 44.6 Å². The molecule has 18 nitrogen and oxygen atoms in total. The summed E-state index contributed by atoms with van der Waals surface area (Å²) in [6.07, 6.45) is -4.26. The lowest BCUT2D eigenvalue weighted by atomic mass is 9.71. The van der Waals surface area contributed by atoms with Gasteiger partial charge in [-0.05, 0) is 148 Å². The molecule has 0 aliphatic heterocycles. The predicted molar refractivity (Wildman–Crippen MR) is 360 cm³/mol. The Bertz CT molecular complexity index is 3060. The maximum atomic E-state index is 13.0. The van der Waals surface area contributed by atoms with Crippen molar-refractivity contribution >= 4 is 94.7 Å². The summed E-state index contributed by atoms with van der Waals surface area (Å²) in [6, 6.07) is 45.4. The fourth-order valence-electron chi connectivity index (χ4n) is 8.17. The molecule has 0 aromatic heterocycles. The summed E-state index contributed by atoms with van der Waals surface area (Å²) in [5.41, 5.74) is 3.63. The fourth-order valence-corrected chi connectivity index (χ4v) is 11.0. The standard InChI is InChI=1S/C69H75Cl2N3O15S3/c1-45(2)63(75)81-36-33-72-66(78)87-57(42-90-60-27-9-48(7)10-28-60)39-84-54-21-11-49(12-22-54)69(8,50-13-23-55(24-14-50)85-40-58(43-91-61-29-17-52(70)18-30-61)88-67(79)73-34-37-82-64(76)46(3)4)51-15-25-56(26-16-51)86-41-59(44-92-62-31-19-53(71)20-32-62)89-68(80)74-35-38-83-65(77)47(5)6/h9-32,57-59H,1,3,5,33-44H2,2,4,6-8H3,(H,72,78)(H,73,79)(H,74,80). The monoisotopic (exact) mass is 1350 g/mol. The number of halogens is 2. The minimum absolute atomic E-state index is 0.00425. The zero-order valence-electron chi connectivity index (χ0n) is 51.8. The van der Waals surface area contributed by atoms with Crippen molar-refractivity contribution in [2.75, 3.05) is 76.5 Å². The average molecular weight is 1350 g/mol. The molecule has 3 unspecified atom stereocenters. The molecule has 488 valence electrons. The van der Waals surface area contributed by atoms with Crippen LogP contribution in [-0.4, -0.2) is 131 Å². The first-order chi connectivity index (χ1) is 44.1. The van der Waals surface area contributed by atoms with Crippen molar-refractivity contribution in [2.45, 2.75) is 73.0 Å². The Morgan fingerprint density at radius 3 is 0.946 bits per heavy atom. The van der Waals surface area contributed by atoms with Gasteiger partial charge < -0.3 is 58.6 Å². The van der Waals surface area contributed by atoms with Crippen LogP contribution in [-0.2, 0) is 48.2 Å². The Labute approximate surface area is 559 Å². The summed E-state index contributed by atoms with van der Waals surface area (Å²) in [7, 11) is 0. The molecule has 0 aliphatic carbocycles. The van der Waals surface area contributed by atoms with Gasteiger partial charge in [0.25, 0.3) is 0 Å². The quantitative estimate of drug-likeness (QED) is 0.00831. The predicted octanol–water partition coefficient (Wildman–Crippen LogP) is 13.8. The van der Waals surface area contributed by atoms with Crippen LogP contribution >= 0.6 is 58.5 Å². The van der Waals surface area contributed by atoms with Crippen LogP contribution in [0.1, 0.15) is 49.9 Å². The Morgan fingerprint density at radius 2 is 0.685 bits per heavy atom. The number of hydrogen-bond acceptors (Lipinski definition) is 18. The highest BCUT2D eigenvalue weighted by Crippen LogP contribution is 2.41. The van der Waals surface area contributed by atoms with Crippen molar-refractivity contribution in [3.8, 4) is 17.2 Å². The molecule has 0 bridgehead atoms. The van der Waals surface area contributed by atoms with E-state index in [1.165, 1.54) is 56.1 Å². The lowest BCUT2D eigenvalue weighted by Crippen LogP contribution is -2.35. The van der Waals surface area contributed by atoms with Gasteiger partial charge in [0, 0.05) is 64.1 Å². The molecule has 0 saturated carbocycles. The van der Waals surface area contributed by atoms with E-state index < -0.39 is 59.9 Å². The van der Waals surface area contributed by atoms with Crippen LogP contribution < -0.4 is 30.2 Å². The molecule has 0 radical (unpaired) electrons. The van der Waals surface area contributed by atoms with E-state index in [1.54, 1.807) is 24.3 Å². The first-order valence-corrected chi connectivity index (χ1v) is 32.8. The van der Waals surface area contributed by atoms with Crippen LogP contribution in [0.25, 0.3) is 0 Å². The number of aryl methyl sites for hydroxylation is 1. The molecule has 0 saturated heterocycles. The Balaban J connectivity index is 1.22. The van der Waals surface area contributed by atoms with Crippen molar-refractivity contribution in [3.63, 3.8) is 0 Å². The molecule has 3 amide bonds. The Kier molecular flexibility index (Phi) is 30.1. The number of ether oxygens (including phenoxy) is 9. The Hall–Kier alpha value is -8.21. The largest absolute Gasteiger partial charge is 0.490 e. The third kappa shape index (κ3) is 25.5. The molecule has 6 aromatic rings. The van der Waals surface area contributed by atoms with Gasteiger partial charge in [-0.3, -0.25) is 0 Å². The summed E-state index contributed by atoms with van der Waals surface area (Å²) in [4.78, 5) is 77.5. The molecule has 3 N–H and O–H groups in total. The van der Waals surface area contributed by atoms with Crippen molar-refractivity contribution in [3.05, 3.63) is 214 Å². The molecule has 0 spiro atoms. The second-order valence-electron chi connectivity index (χ2n) is 20.9. The van der Waals surface area contributed by atoms with Crippen LogP contribution in [0.2, 0.25) is 10.0 Å². The van der Waals surface area contributed by atoms with Crippen LogP contribution in [0.4, 0.5) is 14.4 Å². The number of amides is 3. The van der Waals surface area contributed by atoms with Gasteiger partial charge in [-0.1, -0.05) is 97.0 Å². The molecule has 92 heavy (non-hydrogen) atoms. The number of esters is 3. The summed E-state index contributed by atoms with van der Waals surface area (Å²) < 4.78 is 51.8. The van der Waals surface area contributed by atoms with Crippen molar-refractivity contribution in [2.24, 2.45) is 0 Å².